The fourth-order valence-electron chi connectivity index (χ4n) is 2.98. The lowest BCUT2D eigenvalue weighted by molar-refractivity contribution is -0.132. The van der Waals surface area contributed by atoms with E-state index in [-0.39, 0.29) is 11.3 Å². The van der Waals surface area contributed by atoms with Gasteiger partial charge in [-0.3, -0.25) is 4.79 Å². The Kier molecular flexibility index (Phi) is 5.23. The molecule has 0 radical (unpaired) electrons. The first-order valence-corrected chi connectivity index (χ1v) is 7.70. The van der Waals surface area contributed by atoms with E-state index in [9.17, 15) is 4.79 Å². The molecular weight excluding hydrogens is 264 g/mol. The molecule has 4 heteroatoms. The summed E-state index contributed by atoms with van der Waals surface area (Å²) in [7, 11) is 1.67. The van der Waals surface area contributed by atoms with Gasteiger partial charge >= 0.3 is 0 Å². The Hall–Kier alpha value is -1.55. The minimum atomic E-state index is -0.242. The Morgan fingerprint density at radius 2 is 2.29 bits per heavy atom. The van der Waals surface area contributed by atoms with Crippen LogP contribution < -0.4 is 15.4 Å². The summed E-state index contributed by atoms with van der Waals surface area (Å²) >= 11 is 0. The normalized spacial score (nSPS) is 21.5. The second-order valence-corrected chi connectivity index (χ2v) is 6.10. The highest BCUT2D eigenvalue weighted by molar-refractivity contribution is 5.83. The lowest BCUT2D eigenvalue weighted by Gasteiger charge is -2.31. The molecule has 1 aliphatic rings. The molecule has 1 atom stereocenters. The zero-order valence-electron chi connectivity index (χ0n) is 13.2. The van der Waals surface area contributed by atoms with Crippen LogP contribution in [0.15, 0.2) is 24.3 Å². The van der Waals surface area contributed by atoms with E-state index in [2.05, 4.69) is 30.5 Å². The van der Waals surface area contributed by atoms with Crippen molar-refractivity contribution in [1.29, 1.82) is 0 Å². The number of ether oxygens (including phenoxy) is 1. The summed E-state index contributed by atoms with van der Waals surface area (Å²) in [4.78, 5) is 12.5. The highest BCUT2D eigenvalue weighted by Gasteiger charge is 2.43. The van der Waals surface area contributed by atoms with Gasteiger partial charge in [-0.25, -0.2) is 0 Å². The van der Waals surface area contributed by atoms with E-state index in [0.29, 0.717) is 12.5 Å². The van der Waals surface area contributed by atoms with Gasteiger partial charge in [0.2, 0.25) is 5.91 Å². The number of hydrogen-bond donors (Lipinski definition) is 2. The van der Waals surface area contributed by atoms with Crippen molar-refractivity contribution in [2.75, 3.05) is 26.7 Å². The lowest BCUT2D eigenvalue weighted by Crippen LogP contribution is -2.46. The molecule has 0 saturated carbocycles. The minimum absolute atomic E-state index is 0.186. The smallest absolute Gasteiger partial charge is 0.227 e. The summed E-state index contributed by atoms with van der Waals surface area (Å²) in [6.45, 7) is 6.65. The maximum Gasteiger partial charge on any atom is 0.227 e. The summed E-state index contributed by atoms with van der Waals surface area (Å²) in [6, 6.07) is 7.98. The highest BCUT2D eigenvalue weighted by atomic mass is 16.5. The first kappa shape index (κ1) is 15.8. The summed E-state index contributed by atoms with van der Waals surface area (Å²) in [6.07, 6.45) is 1.75. The number of carbonyl (C=O) groups is 1. The van der Waals surface area contributed by atoms with Crippen molar-refractivity contribution in [3.63, 3.8) is 0 Å². The predicted octanol–water partition coefficient (Wildman–Crippen LogP) is 1.99. The molecule has 2 N–H and O–H groups in total. The largest absolute Gasteiger partial charge is 0.497 e. The molecule has 1 aromatic rings. The maximum absolute atomic E-state index is 12.5. The van der Waals surface area contributed by atoms with Crippen LogP contribution in [0.3, 0.4) is 0 Å². The molecule has 1 unspecified atom stereocenters. The van der Waals surface area contributed by atoms with Crippen LogP contribution in [0.25, 0.3) is 0 Å². The Morgan fingerprint density at radius 3 is 2.90 bits per heavy atom. The number of hydrogen-bond acceptors (Lipinski definition) is 3. The maximum atomic E-state index is 12.5. The van der Waals surface area contributed by atoms with Gasteiger partial charge in [-0.05, 0) is 43.0 Å². The van der Waals surface area contributed by atoms with E-state index in [1.54, 1.807) is 7.11 Å². The van der Waals surface area contributed by atoms with Gasteiger partial charge in [-0.15, -0.1) is 0 Å². The third-order valence-corrected chi connectivity index (χ3v) is 4.58. The molecule has 0 aromatic heterocycles. The predicted molar refractivity (Wildman–Crippen MR) is 84.5 cm³/mol. The number of nitrogens with one attached hydrogen (secondary N) is 2. The van der Waals surface area contributed by atoms with Crippen molar-refractivity contribution < 1.29 is 9.53 Å². The first-order valence-electron chi connectivity index (χ1n) is 7.70. The second-order valence-electron chi connectivity index (χ2n) is 6.10. The van der Waals surface area contributed by atoms with E-state index in [4.69, 9.17) is 4.74 Å². The fraction of sp³-hybridized carbons (Fsp3) is 0.588. The van der Waals surface area contributed by atoms with Crippen molar-refractivity contribution >= 4 is 5.91 Å². The zero-order chi connectivity index (χ0) is 15.3. The van der Waals surface area contributed by atoms with Gasteiger partial charge in [-0.1, -0.05) is 26.0 Å². The first-order chi connectivity index (χ1) is 10.1. The Bertz CT molecular complexity index is 479. The third kappa shape index (κ3) is 3.56. The van der Waals surface area contributed by atoms with E-state index >= 15 is 0 Å². The van der Waals surface area contributed by atoms with Crippen molar-refractivity contribution in [1.82, 2.24) is 10.6 Å². The fourth-order valence-corrected chi connectivity index (χ4v) is 2.98. The molecule has 1 aliphatic heterocycles. The Labute approximate surface area is 127 Å². The van der Waals surface area contributed by atoms with E-state index in [0.717, 1.165) is 31.7 Å². The van der Waals surface area contributed by atoms with Gasteiger partial charge in [0.05, 0.1) is 12.5 Å². The van der Waals surface area contributed by atoms with Crippen molar-refractivity contribution in [2.45, 2.75) is 26.7 Å². The average Bonchev–Trinajstić information content (AvgIpc) is 2.98. The van der Waals surface area contributed by atoms with Crippen LogP contribution >= 0.6 is 0 Å². The second kappa shape index (κ2) is 6.94. The molecule has 1 saturated heterocycles. The lowest BCUT2D eigenvalue weighted by atomic mass is 9.75. The average molecular weight is 290 g/mol. The number of benzene rings is 1. The SMILES string of the molecule is COc1cccc(CCNC(=O)C2(C(C)C)CCNC2)c1. The monoisotopic (exact) mass is 290 g/mol. The summed E-state index contributed by atoms with van der Waals surface area (Å²) < 4.78 is 5.22. The van der Waals surface area contributed by atoms with Crippen LogP contribution in [-0.4, -0.2) is 32.7 Å². The molecule has 1 aromatic carbocycles. The van der Waals surface area contributed by atoms with E-state index in [1.165, 1.54) is 5.56 Å². The number of amides is 1. The Morgan fingerprint density at radius 1 is 1.48 bits per heavy atom. The van der Waals surface area contributed by atoms with Gasteiger partial charge in [0.15, 0.2) is 0 Å². The molecule has 21 heavy (non-hydrogen) atoms. The van der Waals surface area contributed by atoms with Crippen molar-refractivity contribution in [3.8, 4) is 5.75 Å². The molecule has 0 bridgehead atoms. The molecule has 1 fully saturated rings. The summed E-state index contributed by atoms with van der Waals surface area (Å²) in [5.41, 5.74) is 0.937. The van der Waals surface area contributed by atoms with E-state index < -0.39 is 0 Å². The zero-order valence-corrected chi connectivity index (χ0v) is 13.2. The molecular formula is C17H26N2O2. The van der Waals surface area contributed by atoms with Crippen LogP contribution in [0.5, 0.6) is 5.75 Å². The number of methoxy groups -OCH3 is 1. The van der Waals surface area contributed by atoms with Crippen LogP contribution in [-0.2, 0) is 11.2 Å². The van der Waals surface area contributed by atoms with Gasteiger partial charge in [0.1, 0.15) is 5.75 Å². The standard InChI is InChI=1S/C17H26N2O2/c1-13(2)17(8-10-18-12-17)16(20)19-9-7-14-5-4-6-15(11-14)21-3/h4-6,11,13,18H,7-10,12H2,1-3H3,(H,19,20). The molecule has 4 nitrogen and oxygen atoms in total. The van der Waals surface area contributed by atoms with Crippen molar-refractivity contribution in [3.05, 3.63) is 29.8 Å². The number of rotatable bonds is 6. The molecule has 1 amide bonds. The van der Waals surface area contributed by atoms with Crippen molar-refractivity contribution in [2.24, 2.45) is 11.3 Å². The van der Waals surface area contributed by atoms with Gasteiger partial charge in [-0.2, -0.15) is 0 Å². The van der Waals surface area contributed by atoms with Gasteiger partial charge < -0.3 is 15.4 Å². The molecule has 2 rings (SSSR count). The quantitative estimate of drug-likeness (QED) is 0.842. The molecule has 0 aliphatic carbocycles. The molecule has 0 spiro atoms. The summed E-state index contributed by atoms with van der Waals surface area (Å²) in [5.74, 6) is 1.40. The molecule has 116 valence electrons. The third-order valence-electron chi connectivity index (χ3n) is 4.58. The van der Waals surface area contributed by atoms with Crippen LogP contribution in [0.1, 0.15) is 25.8 Å². The topological polar surface area (TPSA) is 50.4 Å². The summed E-state index contributed by atoms with van der Waals surface area (Å²) in [5, 5.41) is 6.43. The van der Waals surface area contributed by atoms with Crippen LogP contribution in [0, 0.1) is 11.3 Å². The van der Waals surface area contributed by atoms with Gasteiger partial charge in [0.25, 0.3) is 0 Å². The Balaban J connectivity index is 1.89. The van der Waals surface area contributed by atoms with Gasteiger partial charge in [0, 0.05) is 13.1 Å². The highest BCUT2D eigenvalue weighted by Crippen LogP contribution is 2.34. The molecule has 1 heterocycles. The van der Waals surface area contributed by atoms with Crippen LogP contribution in [0.2, 0.25) is 0 Å². The minimum Gasteiger partial charge on any atom is -0.497 e. The van der Waals surface area contributed by atoms with E-state index in [1.807, 2.05) is 18.2 Å². The van der Waals surface area contributed by atoms with Crippen LogP contribution in [0.4, 0.5) is 0 Å². The number of carbonyl (C=O) groups excluding carboxylic acids is 1.